The number of nitrogens with one attached hydrogen (secondary N) is 1. The fourth-order valence-electron chi connectivity index (χ4n) is 0.557. The molecule has 0 heterocycles. The van der Waals surface area contributed by atoms with Gasteiger partial charge in [0.25, 0.3) is 0 Å². The van der Waals surface area contributed by atoms with Crippen molar-refractivity contribution < 1.29 is 4.74 Å². The Hall–Kier alpha value is -1.18. The van der Waals surface area contributed by atoms with E-state index in [4.69, 9.17) is 4.74 Å². The summed E-state index contributed by atoms with van der Waals surface area (Å²) in [6, 6.07) is 0. The molecule has 0 aliphatic heterocycles. The van der Waals surface area contributed by atoms with Gasteiger partial charge < -0.3 is 10.1 Å². The minimum absolute atomic E-state index is 0.652. The first-order chi connectivity index (χ1) is 5.20. The van der Waals surface area contributed by atoms with Crippen molar-refractivity contribution in [1.29, 1.82) is 0 Å². The van der Waals surface area contributed by atoms with Crippen LogP contribution in [0.15, 0.2) is 36.4 Å². The topological polar surface area (TPSA) is 21.3 Å². The van der Waals surface area contributed by atoms with Crippen LogP contribution in [-0.2, 0) is 4.74 Å². The van der Waals surface area contributed by atoms with Gasteiger partial charge in [-0.1, -0.05) is 12.7 Å². The van der Waals surface area contributed by atoms with Crippen LogP contribution in [-0.4, -0.2) is 7.11 Å². The first kappa shape index (κ1) is 9.82. The van der Waals surface area contributed by atoms with Gasteiger partial charge in [-0.15, -0.1) is 0 Å². The summed E-state index contributed by atoms with van der Waals surface area (Å²) >= 11 is 0. The zero-order chi connectivity index (χ0) is 8.69. The second-order valence-corrected chi connectivity index (χ2v) is 2.14. The maximum Gasteiger partial charge on any atom is 0.113 e. The van der Waals surface area contributed by atoms with Gasteiger partial charge in [0.15, 0.2) is 0 Å². The zero-order valence-corrected chi connectivity index (χ0v) is 7.35. The number of hydrogen-bond donors (Lipinski definition) is 1. The molecule has 1 N–H and O–H groups in total. The lowest BCUT2D eigenvalue weighted by Gasteiger charge is -2.01. The van der Waals surface area contributed by atoms with Crippen molar-refractivity contribution >= 4 is 0 Å². The van der Waals surface area contributed by atoms with Crippen LogP contribution in [0.2, 0.25) is 0 Å². The second-order valence-electron chi connectivity index (χ2n) is 2.14. The van der Waals surface area contributed by atoms with E-state index in [0.717, 1.165) is 5.70 Å². The molecule has 0 aromatic heterocycles. The standard InChI is InChI=1S/C9H15NO/c1-5-6-10-8(2)7-9(3)11-4/h5-7,10H,3H2,1-2,4H3/b6-5-,8-7+. The molecule has 0 bridgehead atoms. The summed E-state index contributed by atoms with van der Waals surface area (Å²) in [6.07, 6.45) is 5.61. The Morgan fingerprint density at radius 1 is 1.55 bits per heavy atom. The molecular formula is C9H15NO. The number of methoxy groups -OCH3 is 1. The van der Waals surface area contributed by atoms with Gasteiger partial charge in [-0.25, -0.2) is 0 Å². The van der Waals surface area contributed by atoms with Crippen molar-refractivity contribution in [3.8, 4) is 0 Å². The maximum absolute atomic E-state index is 4.87. The van der Waals surface area contributed by atoms with E-state index in [9.17, 15) is 0 Å². The lowest BCUT2D eigenvalue weighted by atomic mass is 10.4. The normalized spacial score (nSPS) is 11.7. The Bertz CT molecular complexity index is 180. The quantitative estimate of drug-likeness (QED) is 0.493. The van der Waals surface area contributed by atoms with Crippen molar-refractivity contribution in [2.24, 2.45) is 0 Å². The van der Waals surface area contributed by atoms with E-state index < -0.39 is 0 Å². The molecule has 0 fully saturated rings. The van der Waals surface area contributed by atoms with Crippen LogP contribution >= 0.6 is 0 Å². The van der Waals surface area contributed by atoms with Gasteiger partial charge in [0.1, 0.15) is 5.76 Å². The molecule has 11 heavy (non-hydrogen) atoms. The van der Waals surface area contributed by atoms with Crippen LogP contribution in [0.25, 0.3) is 0 Å². The summed E-state index contributed by atoms with van der Waals surface area (Å²) in [5, 5.41) is 3.04. The van der Waals surface area contributed by atoms with Gasteiger partial charge in [0.05, 0.1) is 7.11 Å². The summed E-state index contributed by atoms with van der Waals surface area (Å²) < 4.78 is 4.87. The molecule has 0 aliphatic rings. The summed E-state index contributed by atoms with van der Waals surface area (Å²) in [5.74, 6) is 0.652. The number of rotatable bonds is 4. The van der Waals surface area contributed by atoms with Crippen LogP contribution in [0.5, 0.6) is 0 Å². The molecule has 0 saturated heterocycles. The van der Waals surface area contributed by atoms with Gasteiger partial charge in [0.2, 0.25) is 0 Å². The Morgan fingerprint density at radius 3 is 2.64 bits per heavy atom. The molecule has 62 valence electrons. The van der Waals surface area contributed by atoms with Crippen molar-refractivity contribution in [2.45, 2.75) is 13.8 Å². The SMILES string of the molecule is C=C(/C=C(\C)N/C=C\C)OC. The van der Waals surface area contributed by atoms with Crippen molar-refractivity contribution in [3.05, 3.63) is 36.4 Å². The number of ether oxygens (including phenoxy) is 1. The lowest BCUT2D eigenvalue weighted by Crippen LogP contribution is -2.00. The lowest BCUT2D eigenvalue weighted by molar-refractivity contribution is 0.308. The molecule has 0 spiro atoms. The molecule has 0 aromatic rings. The maximum atomic E-state index is 4.87. The third-order valence-corrected chi connectivity index (χ3v) is 1.12. The van der Waals surface area contributed by atoms with E-state index in [2.05, 4.69) is 11.9 Å². The van der Waals surface area contributed by atoms with E-state index >= 15 is 0 Å². The van der Waals surface area contributed by atoms with E-state index in [1.165, 1.54) is 0 Å². The van der Waals surface area contributed by atoms with Gasteiger partial charge in [-0.05, 0) is 26.1 Å². The average molecular weight is 153 g/mol. The Morgan fingerprint density at radius 2 is 2.18 bits per heavy atom. The largest absolute Gasteiger partial charge is 0.497 e. The third-order valence-electron chi connectivity index (χ3n) is 1.12. The van der Waals surface area contributed by atoms with Crippen LogP contribution in [0.1, 0.15) is 13.8 Å². The Balaban J connectivity index is 3.89. The summed E-state index contributed by atoms with van der Waals surface area (Å²) in [6.45, 7) is 7.56. The smallest absolute Gasteiger partial charge is 0.113 e. The number of allylic oxidation sites excluding steroid dienone is 3. The van der Waals surface area contributed by atoms with E-state index in [0.29, 0.717) is 5.76 Å². The highest BCUT2D eigenvalue weighted by Gasteiger charge is 1.86. The van der Waals surface area contributed by atoms with Gasteiger partial charge in [-0.3, -0.25) is 0 Å². The molecule has 0 atom stereocenters. The summed E-state index contributed by atoms with van der Waals surface area (Å²) in [7, 11) is 1.60. The van der Waals surface area contributed by atoms with Gasteiger partial charge in [0, 0.05) is 5.70 Å². The van der Waals surface area contributed by atoms with Crippen LogP contribution in [0.4, 0.5) is 0 Å². The third kappa shape index (κ3) is 5.27. The first-order valence-corrected chi connectivity index (χ1v) is 3.49. The zero-order valence-electron chi connectivity index (χ0n) is 7.35. The highest BCUT2D eigenvalue weighted by Crippen LogP contribution is 1.96. The molecule has 0 unspecified atom stereocenters. The molecule has 0 rings (SSSR count). The first-order valence-electron chi connectivity index (χ1n) is 3.49. The fourth-order valence-corrected chi connectivity index (χ4v) is 0.557. The minimum atomic E-state index is 0.652. The molecule has 0 saturated carbocycles. The molecule has 2 nitrogen and oxygen atoms in total. The highest BCUT2D eigenvalue weighted by molar-refractivity contribution is 5.14. The Kier molecular flexibility index (Phi) is 4.99. The molecular weight excluding hydrogens is 138 g/mol. The highest BCUT2D eigenvalue weighted by atomic mass is 16.5. The van der Waals surface area contributed by atoms with Gasteiger partial charge in [-0.2, -0.15) is 0 Å². The van der Waals surface area contributed by atoms with E-state index in [1.54, 1.807) is 7.11 Å². The van der Waals surface area contributed by atoms with Crippen LogP contribution < -0.4 is 5.32 Å². The average Bonchev–Trinajstić information content (AvgIpc) is 2.00. The van der Waals surface area contributed by atoms with E-state index in [-0.39, 0.29) is 0 Å². The predicted octanol–water partition coefficient (Wildman–Crippen LogP) is 2.17. The monoisotopic (exact) mass is 153 g/mol. The summed E-state index contributed by atoms with van der Waals surface area (Å²) in [5.41, 5.74) is 1.01. The summed E-state index contributed by atoms with van der Waals surface area (Å²) in [4.78, 5) is 0. The van der Waals surface area contributed by atoms with Crippen molar-refractivity contribution in [2.75, 3.05) is 7.11 Å². The van der Waals surface area contributed by atoms with Crippen LogP contribution in [0.3, 0.4) is 0 Å². The minimum Gasteiger partial charge on any atom is -0.497 e. The van der Waals surface area contributed by atoms with Crippen LogP contribution in [0, 0.1) is 0 Å². The van der Waals surface area contributed by atoms with E-state index in [1.807, 2.05) is 32.2 Å². The Labute approximate surface area is 68.3 Å². The van der Waals surface area contributed by atoms with Crippen molar-refractivity contribution in [3.63, 3.8) is 0 Å². The fraction of sp³-hybridized carbons (Fsp3) is 0.333. The molecule has 0 amide bonds. The second kappa shape index (κ2) is 5.59. The molecule has 2 heteroatoms. The predicted molar refractivity (Wildman–Crippen MR) is 47.9 cm³/mol. The molecule has 0 aliphatic carbocycles. The van der Waals surface area contributed by atoms with Gasteiger partial charge >= 0.3 is 0 Å². The number of hydrogen-bond acceptors (Lipinski definition) is 2. The molecule has 0 aromatic carbocycles. The van der Waals surface area contributed by atoms with Crippen molar-refractivity contribution in [1.82, 2.24) is 5.32 Å². The molecule has 0 radical (unpaired) electrons.